The van der Waals surface area contributed by atoms with Crippen LogP contribution in [0.15, 0.2) is 77.7 Å². The van der Waals surface area contributed by atoms with Crippen LogP contribution in [-0.2, 0) is 4.79 Å². The molecule has 0 amide bonds. The highest BCUT2D eigenvalue weighted by Gasteiger charge is 2.09. The van der Waals surface area contributed by atoms with E-state index in [1.54, 1.807) is 48.5 Å². The van der Waals surface area contributed by atoms with E-state index >= 15 is 0 Å². The van der Waals surface area contributed by atoms with Crippen molar-refractivity contribution in [3.05, 3.63) is 83.9 Å². The topological polar surface area (TPSA) is 67.2 Å². The average Bonchev–Trinajstić information content (AvgIpc) is 2.75. The summed E-state index contributed by atoms with van der Waals surface area (Å²) in [6.07, 6.45) is 1.16. The van der Waals surface area contributed by atoms with Crippen LogP contribution in [0.25, 0.3) is 11.1 Å². The third-order valence-corrected chi connectivity index (χ3v) is 5.12. The molecule has 3 rings (SSSR count). The Hall–Kier alpha value is -3.36. The molecule has 5 heteroatoms. The Balaban J connectivity index is 1.65. The Labute approximate surface area is 174 Å². The second-order valence-electron chi connectivity index (χ2n) is 6.35. The van der Waals surface area contributed by atoms with E-state index in [9.17, 15) is 9.59 Å². The molecule has 0 spiro atoms. The van der Waals surface area contributed by atoms with E-state index in [1.807, 2.05) is 31.2 Å². The number of esters is 1. The highest BCUT2D eigenvalue weighted by atomic mass is 32.2. The minimum Gasteiger partial charge on any atom is -0.427 e. The van der Waals surface area contributed by atoms with Crippen LogP contribution < -0.4 is 4.74 Å². The zero-order chi connectivity index (χ0) is 20.6. The van der Waals surface area contributed by atoms with Gasteiger partial charge in [-0.1, -0.05) is 31.2 Å². The molecule has 0 heterocycles. The van der Waals surface area contributed by atoms with E-state index in [2.05, 4.69) is 6.07 Å². The van der Waals surface area contributed by atoms with Gasteiger partial charge >= 0.3 is 5.97 Å². The number of benzene rings is 3. The lowest BCUT2D eigenvalue weighted by molar-refractivity contribution is -0.134. The monoisotopic (exact) mass is 401 g/mol. The minimum atomic E-state index is -0.233. The van der Waals surface area contributed by atoms with Gasteiger partial charge in [-0.2, -0.15) is 5.26 Å². The van der Waals surface area contributed by atoms with Crippen LogP contribution in [0, 0.1) is 11.3 Å². The second kappa shape index (κ2) is 9.72. The molecule has 4 nitrogen and oxygen atoms in total. The molecular weight excluding hydrogens is 382 g/mol. The van der Waals surface area contributed by atoms with E-state index in [0.29, 0.717) is 23.3 Å². The van der Waals surface area contributed by atoms with Gasteiger partial charge in [0.25, 0.3) is 0 Å². The zero-order valence-electron chi connectivity index (χ0n) is 15.9. The van der Waals surface area contributed by atoms with Crippen molar-refractivity contribution in [2.24, 2.45) is 0 Å². The summed E-state index contributed by atoms with van der Waals surface area (Å²) < 4.78 is 5.26. The fourth-order valence-electron chi connectivity index (χ4n) is 2.66. The number of nitrogens with zero attached hydrogens (tertiary/aromatic N) is 1. The summed E-state index contributed by atoms with van der Waals surface area (Å²) in [5.74, 6) is 0.292. The Bertz CT molecular complexity index is 1030. The van der Waals surface area contributed by atoms with E-state index < -0.39 is 0 Å². The Morgan fingerprint density at radius 1 is 0.897 bits per heavy atom. The molecule has 3 aromatic carbocycles. The number of hydrogen-bond acceptors (Lipinski definition) is 5. The molecule has 0 saturated heterocycles. The first-order valence-electron chi connectivity index (χ1n) is 9.22. The Morgan fingerprint density at radius 3 is 2.03 bits per heavy atom. The molecule has 0 fully saturated rings. The van der Waals surface area contributed by atoms with E-state index in [4.69, 9.17) is 10.00 Å². The van der Waals surface area contributed by atoms with Gasteiger partial charge in [0.05, 0.1) is 11.6 Å². The number of rotatable bonds is 6. The molecule has 3 aromatic rings. The van der Waals surface area contributed by atoms with Crippen molar-refractivity contribution in [2.75, 3.05) is 0 Å². The maximum absolute atomic E-state index is 12.5. The van der Waals surface area contributed by atoms with E-state index in [0.717, 1.165) is 34.2 Å². The molecule has 0 aliphatic heterocycles. The number of carbonyl (C=O) groups is 2. The van der Waals surface area contributed by atoms with Gasteiger partial charge in [0, 0.05) is 16.9 Å². The molecule has 0 bridgehead atoms. The van der Waals surface area contributed by atoms with E-state index in [-0.39, 0.29) is 11.1 Å². The van der Waals surface area contributed by atoms with Gasteiger partial charge in [-0.3, -0.25) is 9.59 Å². The second-order valence-corrected chi connectivity index (χ2v) is 7.40. The molecule has 0 aliphatic carbocycles. The summed E-state index contributed by atoms with van der Waals surface area (Å²) in [6, 6.07) is 23.7. The zero-order valence-corrected chi connectivity index (χ0v) is 16.7. The number of nitriles is 1. The van der Waals surface area contributed by atoms with Gasteiger partial charge in [0.2, 0.25) is 5.12 Å². The first-order valence-corrected chi connectivity index (χ1v) is 10.0. The molecule has 0 unspecified atom stereocenters. The highest BCUT2D eigenvalue weighted by molar-refractivity contribution is 8.14. The van der Waals surface area contributed by atoms with Crippen LogP contribution >= 0.6 is 11.8 Å². The quantitative estimate of drug-likeness (QED) is 0.294. The summed E-state index contributed by atoms with van der Waals surface area (Å²) in [6.45, 7) is 1.93. The summed E-state index contributed by atoms with van der Waals surface area (Å²) >= 11 is 1.13. The third kappa shape index (κ3) is 5.56. The van der Waals surface area contributed by atoms with Crippen LogP contribution in [0.4, 0.5) is 0 Å². The molecule has 0 aromatic heterocycles. The molecule has 0 N–H and O–H groups in total. The fourth-order valence-corrected chi connectivity index (χ4v) is 3.40. The van der Waals surface area contributed by atoms with Crippen LogP contribution in [0.1, 0.15) is 35.7 Å². The lowest BCUT2D eigenvalue weighted by atomic mass is 10.0. The van der Waals surface area contributed by atoms with Crippen LogP contribution in [0.2, 0.25) is 0 Å². The SMILES string of the molecule is CCCC(=O)Oc1ccc(-c2ccc(C(=O)Sc3ccc(C#N)cc3)cc2)cc1. The largest absolute Gasteiger partial charge is 0.427 e. The smallest absolute Gasteiger partial charge is 0.311 e. The summed E-state index contributed by atoms with van der Waals surface area (Å²) in [7, 11) is 0. The van der Waals surface area contributed by atoms with Gasteiger partial charge < -0.3 is 4.74 Å². The predicted octanol–water partition coefficient (Wildman–Crippen LogP) is 5.86. The van der Waals surface area contributed by atoms with Gasteiger partial charge in [-0.05, 0) is 77.8 Å². The van der Waals surface area contributed by atoms with Gasteiger partial charge in [0.15, 0.2) is 0 Å². The average molecular weight is 401 g/mol. The predicted molar refractivity (Wildman–Crippen MR) is 114 cm³/mol. The molecule has 0 aliphatic rings. The molecule has 0 radical (unpaired) electrons. The maximum atomic E-state index is 12.5. The first-order chi connectivity index (χ1) is 14.1. The van der Waals surface area contributed by atoms with Crippen molar-refractivity contribution < 1.29 is 14.3 Å². The van der Waals surface area contributed by atoms with Crippen molar-refractivity contribution in [1.82, 2.24) is 0 Å². The maximum Gasteiger partial charge on any atom is 0.311 e. The van der Waals surface area contributed by atoms with Crippen LogP contribution in [0.5, 0.6) is 5.75 Å². The molecular formula is C24H19NO3S. The summed E-state index contributed by atoms with van der Waals surface area (Å²) in [5.41, 5.74) is 3.11. The first kappa shape index (κ1) is 20.4. The van der Waals surface area contributed by atoms with Gasteiger partial charge in [0.1, 0.15) is 5.75 Å². The normalized spacial score (nSPS) is 10.2. The van der Waals surface area contributed by atoms with Crippen molar-refractivity contribution in [3.63, 3.8) is 0 Å². The summed E-state index contributed by atoms with van der Waals surface area (Å²) in [4.78, 5) is 24.8. The van der Waals surface area contributed by atoms with Crippen LogP contribution in [-0.4, -0.2) is 11.1 Å². The number of ether oxygens (including phenoxy) is 1. The molecule has 0 saturated carbocycles. The van der Waals surface area contributed by atoms with Gasteiger partial charge in [-0.15, -0.1) is 0 Å². The van der Waals surface area contributed by atoms with Crippen molar-refractivity contribution in [3.8, 4) is 22.9 Å². The third-order valence-electron chi connectivity index (χ3n) is 4.19. The molecule has 29 heavy (non-hydrogen) atoms. The number of hydrogen-bond donors (Lipinski definition) is 0. The fraction of sp³-hybridized carbons (Fsp3) is 0.125. The highest BCUT2D eigenvalue weighted by Crippen LogP contribution is 2.26. The standard InChI is InChI=1S/C24H19NO3S/c1-2-3-23(26)28-21-12-10-19(11-13-21)18-6-8-20(9-7-18)24(27)29-22-14-4-17(16-25)5-15-22/h4-15H,2-3H2,1H3. The van der Waals surface area contributed by atoms with E-state index in [1.165, 1.54) is 0 Å². The van der Waals surface area contributed by atoms with Gasteiger partial charge in [-0.25, -0.2) is 0 Å². The van der Waals surface area contributed by atoms with Crippen LogP contribution in [0.3, 0.4) is 0 Å². The van der Waals surface area contributed by atoms with Crippen molar-refractivity contribution >= 4 is 22.8 Å². The molecule has 0 atom stereocenters. The van der Waals surface area contributed by atoms with Crippen molar-refractivity contribution in [1.29, 1.82) is 5.26 Å². The Morgan fingerprint density at radius 2 is 1.48 bits per heavy atom. The number of carbonyl (C=O) groups excluding carboxylic acids is 2. The number of thioether (sulfide) groups is 1. The lowest BCUT2D eigenvalue weighted by Crippen LogP contribution is -2.06. The Kier molecular flexibility index (Phi) is 6.83. The minimum absolute atomic E-state index is 0.0561. The summed E-state index contributed by atoms with van der Waals surface area (Å²) in [5, 5.41) is 8.78. The van der Waals surface area contributed by atoms with Crippen molar-refractivity contribution in [2.45, 2.75) is 24.7 Å². The lowest BCUT2D eigenvalue weighted by Gasteiger charge is -2.07. The molecule has 144 valence electrons.